The van der Waals surface area contributed by atoms with Crippen LogP contribution in [0.3, 0.4) is 0 Å². The zero-order valence-electron chi connectivity index (χ0n) is 13.7. The number of aromatic nitrogens is 3. The highest BCUT2D eigenvalue weighted by molar-refractivity contribution is 5.72. The summed E-state index contributed by atoms with van der Waals surface area (Å²) in [5.41, 5.74) is 10.1. The van der Waals surface area contributed by atoms with Crippen molar-refractivity contribution in [3.05, 3.63) is 67.0 Å². The van der Waals surface area contributed by atoms with Gasteiger partial charge in [0.05, 0.1) is 18.5 Å². The summed E-state index contributed by atoms with van der Waals surface area (Å²) >= 11 is 0. The van der Waals surface area contributed by atoms with Crippen LogP contribution in [0.2, 0.25) is 0 Å². The zero-order valence-corrected chi connectivity index (χ0v) is 13.7. The Hall–Kier alpha value is -3.54. The summed E-state index contributed by atoms with van der Waals surface area (Å²) < 4.78 is 7.13. The molecule has 2 aromatic heterocycles. The summed E-state index contributed by atoms with van der Waals surface area (Å²) in [6.45, 7) is 0. The van der Waals surface area contributed by atoms with E-state index in [0.29, 0.717) is 17.4 Å². The number of anilines is 3. The molecule has 6 heteroatoms. The molecule has 0 amide bonds. The third kappa shape index (κ3) is 2.85. The molecule has 0 aliphatic carbocycles. The summed E-state index contributed by atoms with van der Waals surface area (Å²) in [6, 6.07) is 17.5. The lowest BCUT2D eigenvalue weighted by molar-refractivity contribution is 0.417. The first kappa shape index (κ1) is 15.0. The van der Waals surface area contributed by atoms with Crippen molar-refractivity contribution in [2.45, 2.75) is 0 Å². The molecule has 0 bridgehead atoms. The molecule has 0 fully saturated rings. The van der Waals surface area contributed by atoms with Gasteiger partial charge in [-0.1, -0.05) is 18.2 Å². The van der Waals surface area contributed by atoms with Crippen molar-refractivity contribution in [2.75, 3.05) is 18.2 Å². The van der Waals surface area contributed by atoms with Crippen molar-refractivity contribution in [3.8, 4) is 17.0 Å². The number of nitrogen functional groups attached to an aromatic ring is 1. The van der Waals surface area contributed by atoms with E-state index >= 15 is 0 Å². The molecule has 0 atom stereocenters. The monoisotopic (exact) mass is 331 g/mol. The molecule has 2 heterocycles. The van der Waals surface area contributed by atoms with Gasteiger partial charge in [-0.15, -0.1) is 0 Å². The van der Waals surface area contributed by atoms with Gasteiger partial charge in [0.1, 0.15) is 11.4 Å². The Morgan fingerprint density at radius 1 is 1.08 bits per heavy atom. The summed E-state index contributed by atoms with van der Waals surface area (Å²) in [4.78, 5) is 9.14. The number of para-hydroxylation sites is 1. The lowest BCUT2D eigenvalue weighted by Gasteiger charge is -2.11. The lowest BCUT2D eigenvalue weighted by Crippen LogP contribution is -2.02. The molecule has 0 saturated carbocycles. The van der Waals surface area contributed by atoms with Crippen LogP contribution in [-0.4, -0.2) is 21.5 Å². The second kappa shape index (κ2) is 6.16. The van der Waals surface area contributed by atoms with Crippen LogP contribution in [0.15, 0.2) is 67.0 Å². The average molecular weight is 331 g/mol. The molecule has 0 saturated heterocycles. The van der Waals surface area contributed by atoms with Gasteiger partial charge in [-0.25, -0.2) is 9.97 Å². The van der Waals surface area contributed by atoms with Gasteiger partial charge in [-0.2, -0.15) is 0 Å². The summed E-state index contributed by atoms with van der Waals surface area (Å²) in [5, 5.41) is 3.34. The van der Waals surface area contributed by atoms with Crippen molar-refractivity contribution < 1.29 is 4.74 Å². The first-order valence-corrected chi connectivity index (χ1v) is 7.84. The van der Waals surface area contributed by atoms with Gasteiger partial charge in [-0.05, 0) is 30.3 Å². The second-order valence-electron chi connectivity index (χ2n) is 5.57. The first-order chi connectivity index (χ1) is 12.2. The average Bonchev–Trinajstić information content (AvgIpc) is 3.11. The highest BCUT2D eigenvalue weighted by Crippen LogP contribution is 2.29. The lowest BCUT2D eigenvalue weighted by atomic mass is 10.1. The van der Waals surface area contributed by atoms with Crippen molar-refractivity contribution in [1.29, 1.82) is 0 Å². The number of rotatable bonds is 4. The number of hydrogen-bond donors (Lipinski definition) is 2. The van der Waals surface area contributed by atoms with Gasteiger partial charge in [0.2, 0.25) is 5.95 Å². The minimum absolute atomic E-state index is 0.572. The Balaban J connectivity index is 1.81. The van der Waals surface area contributed by atoms with Crippen LogP contribution in [0.1, 0.15) is 0 Å². The van der Waals surface area contributed by atoms with E-state index in [1.54, 1.807) is 13.3 Å². The van der Waals surface area contributed by atoms with E-state index in [1.165, 1.54) is 0 Å². The minimum atomic E-state index is 0.572. The Labute approximate surface area is 144 Å². The van der Waals surface area contributed by atoms with Crippen molar-refractivity contribution in [2.24, 2.45) is 0 Å². The van der Waals surface area contributed by atoms with Gasteiger partial charge in [0, 0.05) is 29.7 Å². The Morgan fingerprint density at radius 2 is 1.92 bits per heavy atom. The first-order valence-electron chi connectivity index (χ1n) is 7.84. The van der Waals surface area contributed by atoms with Crippen LogP contribution >= 0.6 is 0 Å². The summed E-state index contributed by atoms with van der Waals surface area (Å²) in [7, 11) is 1.60. The molecule has 2 aromatic carbocycles. The highest BCUT2D eigenvalue weighted by Gasteiger charge is 2.10. The maximum Gasteiger partial charge on any atom is 0.213 e. The number of nitrogens with zero attached hydrogens (tertiary/aromatic N) is 3. The topological polar surface area (TPSA) is 77.5 Å². The van der Waals surface area contributed by atoms with Gasteiger partial charge < -0.3 is 15.8 Å². The van der Waals surface area contributed by atoms with Gasteiger partial charge in [0.15, 0.2) is 0 Å². The number of nitrogens with two attached hydrogens (primary N) is 1. The Morgan fingerprint density at radius 3 is 2.68 bits per heavy atom. The van der Waals surface area contributed by atoms with Crippen LogP contribution in [0.5, 0.6) is 5.75 Å². The quantitative estimate of drug-likeness (QED) is 0.557. The van der Waals surface area contributed by atoms with Gasteiger partial charge in [-0.3, -0.25) is 4.40 Å². The molecule has 124 valence electrons. The van der Waals surface area contributed by atoms with E-state index in [1.807, 2.05) is 65.2 Å². The number of imidazole rings is 1. The van der Waals surface area contributed by atoms with Crippen LogP contribution in [-0.2, 0) is 0 Å². The summed E-state index contributed by atoms with van der Waals surface area (Å²) in [5.74, 6) is 1.33. The molecular weight excluding hydrogens is 314 g/mol. The standard InChI is InChI=1S/C19H17N5O/c1-25-17-8-7-13(11-15(17)20)16-12-18-21-9-10-24(18)19(23-16)22-14-5-3-2-4-6-14/h2-12H,20H2,1H3,(H,22,23). The summed E-state index contributed by atoms with van der Waals surface area (Å²) in [6.07, 6.45) is 3.62. The van der Waals surface area contributed by atoms with Crippen molar-refractivity contribution in [3.63, 3.8) is 0 Å². The molecule has 25 heavy (non-hydrogen) atoms. The van der Waals surface area contributed by atoms with Crippen LogP contribution in [0, 0.1) is 0 Å². The molecule has 0 spiro atoms. The largest absolute Gasteiger partial charge is 0.495 e. The highest BCUT2D eigenvalue weighted by atomic mass is 16.5. The fourth-order valence-corrected chi connectivity index (χ4v) is 2.70. The molecule has 6 nitrogen and oxygen atoms in total. The minimum Gasteiger partial charge on any atom is -0.495 e. The number of fused-ring (bicyclic) bond motifs is 1. The third-order valence-corrected chi connectivity index (χ3v) is 3.95. The maximum atomic E-state index is 6.03. The molecular formula is C19H17N5O. The molecule has 4 rings (SSSR count). The molecule has 0 aliphatic rings. The fraction of sp³-hybridized carbons (Fsp3) is 0.0526. The second-order valence-corrected chi connectivity index (χ2v) is 5.57. The molecule has 3 N–H and O–H groups in total. The van der Waals surface area contributed by atoms with Crippen molar-refractivity contribution in [1.82, 2.24) is 14.4 Å². The predicted octanol–water partition coefficient (Wildman–Crippen LogP) is 3.73. The van der Waals surface area contributed by atoms with E-state index in [0.717, 1.165) is 22.6 Å². The Kier molecular flexibility index (Phi) is 3.70. The van der Waals surface area contributed by atoms with Crippen molar-refractivity contribution >= 4 is 23.0 Å². The maximum absolute atomic E-state index is 6.03. The van der Waals surface area contributed by atoms with E-state index < -0.39 is 0 Å². The molecule has 0 radical (unpaired) electrons. The number of ether oxygens (including phenoxy) is 1. The normalized spacial score (nSPS) is 10.8. The smallest absolute Gasteiger partial charge is 0.213 e. The van der Waals surface area contributed by atoms with Crippen LogP contribution < -0.4 is 15.8 Å². The number of hydrogen-bond acceptors (Lipinski definition) is 5. The number of methoxy groups -OCH3 is 1. The van der Waals surface area contributed by atoms with Gasteiger partial charge >= 0.3 is 0 Å². The van der Waals surface area contributed by atoms with Gasteiger partial charge in [0.25, 0.3) is 0 Å². The molecule has 4 aromatic rings. The predicted molar refractivity (Wildman–Crippen MR) is 99.1 cm³/mol. The van der Waals surface area contributed by atoms with E-state index in [2.05, 4.69) is 10.3 Å². The van der Waals surface area contributed by atoms with Crippen LogP contribution in [0.4, 0.5) is 17.3 Å². The number of benzene rings is 2. The van der Waals surface area contributed by atoms with Crippen LogP contribution in [0.25, 0.3) is 16.9 Å². The zero-order chi connectivity index (χ0) is 17.2. The van der Waals surface area contributed by atoms with E-state index in [-0.39, 0.29) is 0 Å². The molecule has 0 aliphatic heterocycles. The number of nitrogens with one attached hydrogen (secondary N) is 1. The Bertz CT molecular complexity index is 1030. The SMILES string of the molecule is COc1ccc(-c2cc3nccn3c(Nc3ccccc3)n2)cc1N. The van der Waals surface area contributed by atoms with E-state index in [4.69, 9.17) is 15.5 Å². The molecule has 0 unspecified atom stereocenters. The van der Waals surface area contributed by atoms with E-state index in [9.17, 15) is 0 Å². The fourth-order valence-electron chi connectivity index (χ4n) is 2.70. The third-order valence-electron chi connectivity index (χ3n) is 3.95.